The number of aliphatic carboxylic acids is 1. The Bertz CT molecular complexity index is 787. The molecule has 6 heteroatoms. The van der Waals surface area contributed by atoms with Gasteiger partial charge in [0.25, 0.3) is 0 Å². The maximum Gasteiger partial charge on any atom is 0.341 e. The lowest BCUT2D eigenvalue weighted by Gasteiger charge is -2.12. The van der Waals surface area contributed by atoms with Gasteiger partial charge >= 0.3 is 5.97 Å². The number of hydrogen-bond donors (Lipinski definition) is 1. The molecule has 0 radical (unpaired) electrons. The number of benzene rings is 2. The van der Waals surface area contributed by atoms with Crippen LogP contribution in [0.25, 0.3) is 0 Å². The van der Waals surface area contributed by atoms with Crippen molar-refractivity contribution < 1.29 is 19.4 Å². The summed E-state index contributed by atoms with van der Waals surface area (Å²) in [6, 6.07) is 9.51. The van der Waals surface area contributed by atoms with Crippen LogP contribution in [0.4, 0.5) is 5.69 Å². The van der Waals surface area contributed by atoms with Crippen molar-refractivity contribution in [1.82, 2.24) is 0 Å². The van der Waals surface area contributed by atoms with Gasteiger partial charge in [-0.2, -0.15) is 0 Å². The van der Waals surface area contributed by atoms with E-state index in [0.717, 1.165) is 16.8 Å². The van der Waals surface area contributed by atoms with Crippen LogP contribution in [0.5, 0.6) is 11.5 Å². The minimum absolute atomic E-state index is 0.351. The first kappa shape index (κ1) is 18.0. The van der Waals surface area contributed by atoms with Gasteiger partial charge in [-0.05, 0) is 64.7 Å². The van der Waals surface area contributed by atoms with E-state index in [1.54, 1.807) is 18.3 Å². The first-order chi connectivity index (χ1) is 11.4. The maximum atomic E-state index is 10.7. The molecule has 2 aromatic rings. The van der Waals surface area contributed by atoms with Gasteiger partial charge in [-0.1, -0.05) is 12.1 Å². The Morgan fingerprint density at radius 2 is 2.08 bits per heavy atom. The SMILES string of the molecule is COc1cc(C=Nc2cccc(C)c2C)cc(Br)c1OCC(=O)O. The van der Waals surface area contributed by atoms with Crippen LogP contribution in [-0.2, 0) is 4.79 Å². The first-order valence-electron chi connectivity index (χ1n) is 7.24. The number of rotatable bonds is 6. The number of carboxylic acid groups (broad SMARTS) is 1. The van der Waals surface area contributed by atoms with E-state index in [9.17, 15) is 4.79 Å². The van der Waals surface area contributed by atoms with Crippen molar-refractivity contribution in [2.24, 2.45) is 4.99 Å². The molecule has 0 unspecified atom stereocenters. The van der Waals surface area contributed by atoms with Gasteiger partial charge in [0.1, 0.15) is 0 Å². The third kappa shape index (κ3) is 4.35. The molecule has 2 rings (SSSR count). The number of hydrogen-bond acceptors (Lipinski definition) is 4. The highest BCUT2D eigenvalue weighted by Gasteiger charge is 2.12. The summed E-state index contributed by atoms with van der Waals surface area (Å²) in [6.45, 7) is 3.63. The fraction of sp³-hybridized carbons (Fsp3) is 0.222. The van der Waals surface area contributed by atoms with E-state index in [4.69, 9.17) is 14.6 Å². The lowest BCUT2D eigenvalue weighted by Crippen LogP contribution is -2.10. The smallest absolute Gasteiger partial charge is 0.341 e. The number of carbonyl (C=O) groups is 1. The first-order valence-corrected chi connectivity index (χ1v) is 8.04. The molecule has 0 heterocycles. The molecule has 0 spiro atoms. The molecule has 5 nitrogen and oxygen atoms in total. The quantitative estimate of drug-likeness (QED) is 0.745. The van der Waals surface area contributed by atoms with Crippen molar-refractivity contribution in [3.63, 3.8) is 0 Å². The van der Waals surface area contributed by atoms with E-state index in [2.05, 4.69) is 20.9 Å². The fourth-order valence-electron chi connectivity index (χ4n) is 2.11. The van der Waals surface area contributed by atoms with Gasteiger partial charge in [0, 0.05) is 6.21 Å². The summed E-state index contributed by atoms with van der Waals surface area (Å²) in [5, 5.41) is 8.74. The predicted octanol–water partition coefficient (Wildman–Crippen LogP) is 4.29. The van der Waals surface area contributed by atoms with Crippen molar-refractivity contribution >= 4 is 33.8 Å². The molecule has 1 N–H and O–H groups in total. The molecule has 0 fully saturated rings. The highest BCUT2D eigenvalue weighted by atomic mass is 79.9. The second-order valence-electron chi connectivity index (χ2n) is 5.19. The van der Waals surface area contributed by atoms with Gasteiger partial charge < -0.3 is 14.6 Å². The molecular formula is C18H18BrNO4. The molecule has 0 bridgehead atoms. The summed E-state index contributed by atoms with van der Waals surface area (Å²) in [7, 11) is 1.50. The highest BCUT2D eigenvalue weighted by molar-refractivity contribution is 9.10. The summed E-state index contributed by atoms with van der Waals surface area (Å²) in [5.41, 5.74) is 4.01. The summed E-state index contributed by atoms with van der Waals surface area (Å²) >= 11 is 3.38. The van der Waals surface area contributed by atoms with Gasteiger partial charge in [-0.3, -0.25) is 4.99 Å². The molecule has 24 heavy (non-hydrogen) atoms. The Kier molecular flexibility index (Phi) is 5.98. The fourth-order valence-corrected chi connectivity index (χ4v) is 2.68. The number of ether oxygens (including phenoxy) is 2. The van der Waals surface area contributed by atoms with E-state index < -0.39 is 12.6 Å². The van der Waals surface area contributed by atoms with Crippen molar-refractivity contribution in [3.8, 4) is 11.5 Å². The molecule has 2 aromatic carbocycles. The Balaban J connectivity index is 2.31. The van der Waals surface area contributed by atoms with Crippen LogP contribution in [0.1, 0.15) is 16.7 Å². The predicted molar refractivity (Wildman–Crippen MR) is 97.0 cm³/mol. The number of halogens is 1. The monoisotopic (exact) mass is 391 g/mol. The zero-order valence-electron chi connectivity index (χ0n) is 13.7. The Labute approximate surface area is 149 Å². The van der Waals surface area contributed by atoms with Crippen molar-refractivity contribution in [2.75, 3.05) is 13.7 Å². The summed E-state index contributed by atoms with van der Waals surface area (Å²) in [5.74, 6) is -0.263. The van der Waals surface area contributed by atoms with Crippen LogP contribution in [0.15, 0.2) is 39.8 Å². The number of methoxy groups -OCH3 is 1. The molecule has 0 aliphatic rings. The van der Waals surface area contributed by atoms with E-state index in [0.29, 0.717) is 16.0 Å². The van der Waals surface area contributed by atoms with Gasteiger partial charge in [0.05, 0.1) is 17.3 Å². The normalized spacial score (nSPS) is 10.8. The molecule has 0 amide bonds. The zero-order valence-corrected chi connectivity index (χ0v) is 15.3. The standard InChI is InChI=1S/C18H18BrNO4/c1-11-5-4-6-15(12(11)2)20-9-13-7-14(19)18(16(8-13)23-3)24-10-17(21)22/h4-9H,10H2,1-3H3,(H,21,22). The highest BCUT2D eigenvalue weighted by Crippen LogP contribution is 2.36. The molecule has 0 atom stereocenters. The number of aryl methyl sites for hydroxylation is 1. The largest absolute Gasteiger partial charge is 0.493 e. The molecule has 0 saturated heterocycles. The number of aliphatic imine (C=N–C) groups is 1. The summed E-state index contributed by atoms with van der Waals surface area (Å²) in [6.07, 6.45) is 1.73. The number of carboxylic acids is 1. The van der Waals surface area contributed by atoms with E-state index >= 15 is 0 Å². The average Bonchev–Trinajstić information content (AvgIpc) is 2.54. The summed E-state index contributed by atoms with van der Waals surface area (Å²) < 4.78 is 11.1. The van der Waals surface area contributed by atoms with Crippen LogP contribution in [0.2, 0.25) is 0 Å². The Morgan fingerprint density at radius 3 is 2.75 bits per heavy atom. The molecule has 126 valence electrons. The topological polar surface area (TPSA) is 68.1 Å². The zero-order chi connectivity index (χ0) is 17.7. The lowest BCUT2D eigenvalue weighted by atomic mass is 10.1. The van der Waals surface area contributed by atoms with E-state index in [1.807, 2.05) is 32.0 Å². The van der Waals surface area contributed by atoms with Crippen molar-refractivity contribution in [3.05, 3.63) is 51.5 Å². The van der Waals surface area contributed by atoms with E-state index in [-0.39, 0.29) is 0 Å². The molecule has 0 aliphatic carbocycles. The van der Waals surface area contributed by atoms with Crippen LogP contribution in [-0.4, -0.2) is 31.0 Å². The summed E-state index contributed by atoms with van der Waals surface area (Å²) in [4.78, 5) is 15.2. The van der Waals surface area contributed by atoms with Crippen LogP contribution in [0.3, 0.4) is 0 Å². The van der Waals surface area contributed by atoms with E-state index in [1.165, 1.54) is 12.7 Å². The van der Waals surface area contributed by atoms with Gasteiger partial charge in [-0.25, -0.2) is 4.79 Å². The number of nitrogens with zero attached hydrogens (tertiary/aromatic N) is 1. The molecule has 0 aromatic heterocycles. The third-order valence-corrected chi connectivity index (χ3v) is 4.11. The van der Waals surface area contributed by atoms with Crippen LogP contribution in [0, 0.1) is 13.8 Å². The van der Waals surface area contributed by atoms with Gasteiger partial charge in [0.2, 0.25) is 0 Å². The molecule has 0 aliphatic heterocycles. The average molecular weight is 392 g/mol. The third-order valence-electron chi connectivity index (χ3n) is 3.52. The minimum atomic E-state index is -1.05. The maximum absolute atomic E-state index is 10.7. The Hall–Kier alpha value is -2.34. The second-order valence-corrected chi connectivity index (χ2v) is 6.05. The van der Waals surface area contributed by atoms with Crippen LogP contribution >= 0.6 is 15.9 Å². The molecule has 0 saturated carbocycles. The van der Waals surface area contributed by atoms with Crippen molar-refractivity contribution in [2.45, 2.75) is 13.8 Å². The lowest BCUT2D eigenvalue weighted by molar-refractivity contribution is -0.139. The van der Waals surface area contributed by atoms with Gasteiger partial charge in [-0.15, -0.1) is 0 Å². The van der Waals surface area contributed by atoms with Crippen molar-refractivity contribution in [1.29, 1.82) is 0 Å². The Morgan fingerprint density at radius 1 is 1.33 bits per heavy atom. The molecular weight excluding hydrogens is 374 g/mol. The van der Waals surface area contributed by atoms with Crippen LogP contribution < -0.4 is 9.47 Å². The minimum Gasteiger partial charge on any atom is -0.493 e. The second kappa shape index (κ2) is 7.97. The van der Waals surface area contributed by atoms with Gasteiger partial charge in [0.15, 0.2) is 18.1 Å².